The third-order valence-corrected chi connectivity index (χ3v) is 3.43. The highest BCUT2D eigenvalue weighted by atomic mass is 16.2. The first-order valence-electron chi connectivity index (χ1n) is 7.17. The molecule has 0 fully saturated rings. The van der Waals surface area contributed by atoms with Crippen molar-refractivity contribution in [1.29, 1.82) is 0 Å². The zero-order chi connectivity index (χ0) is 16.6. The van der Waals surface area contributed by atoms with Gasteiger partial charge >= 0.3 is 12.1 Å². The van der Waals surface area contributed by atoms with Crippen LogP contribution >= 0.6 is 0 Å². The third kappa shape index (κ3) is 7.14. The van der Waals surface area contributed by atoms with E-state index in [0.717, 1.165) is 0 Å². The van der Waals surface area contributed by atoms with Gasteiger partial charge in [-0.1, -0.05) is 0 Å². The topological polar surface area (TPSA) is 117 Å². The van der Waals surface area contributed by atoms with E-state index in [2.05, 4.69) is 10.6 Å². The Morgan fingerprint density at radius 2 is 1.38 bits per heavy atom. The van der Waals surface area contributed by atoms with E-state index in [9.17, 15) is 9.59 Å². The number of carbonyl (C=O) groups is 2. The molecular formula is C13H30N6O2. The maximum absolute atomic E-state index is 11.9. The monoisotopic (exact) mass is 302 g/mol. The Hall–Kier alpha value is -1.54. The van der Waals surface area contributed by atoms with Gasteiger partial charge in [0.15, 0.2) is 0 Å². The summed E-state index contributed by atoms with van der Waals surface area (Å²) in [5.74, 6) is 0. The van der Waals surface area contributed by atoms with Gasteiger partial charge in [-0.15, -0.1) is 0 Å². The van der Waals surface area contributed by atoms with Crippen LogP contribution in [-0.2, 0) is 0 Å². The molecule has 0 aromatic heterocycles. The smallest absolute Gasteiger partial charge is 0.317 e. The lowest BCUT2D eigenvalue weighted by Gasteiger charge is -2.28. The molecule has 4 amide bonds. The van der Waals surface area contributed by atoms with E-state index >= 15 is 0 Å². The normalized spacial score (nSPS) is 14.8. The van der Waals surface area contributed by atoms with Gasteiger partial charge in [0.2, 0.25) is 0 Å². The van der Waals surface area contributed by atoms with E-state index in [4.69, 9.17) is 11.5 Å². The lowest BCUT2D eigenvalue weighted by atomic mass is 10.3. The fourth-order valence-electron chi connectivity index (χ4n) is 1.43. The van der Waals surface area contributed by atoms with Crippen LogP contribution in [0.1, 0.15) is 20.8 Å². The molecule has 0 aromatic rings. The first-order chi connectivity index (χ1) is 9.70. The highest BCUT2D eigenvalue weighted by Gasteiger charge is 2.18. The quantitative estimate of drug-likeness (QED) is 0.500. The zero-order valence-corrected chi connectivity index (χ0v) is 13.7. The van der Waals surface area contributed by atoms with Crippen molar-refractivity contribution in [3.8, 4) is 0 Å². The van der Waals surface area contributed by atoms with Crippen LogP contribution in [0.5, 0.6) is 0 Å². The van der Waals surface area contributed by atoms with Crippen LogP contribution in [0.25, 0.3) is 0 Å². The molecule has 0 heterocycles. The highest BCUT2D eigenvalue weighted by Crippen LogP contribution is 1.97. The number of nitrogens with two attached hydrogens (primary N) is 2. The Morgan fingerprint density at radius 1 is 0.952 bits per heavy atom. The Bertz CT molecular complexity index is 337. The first kappa shape index (κ1) is 19.5. The van der Waals surface area contributed by atoms with Gasteiger partial charge in [0.25, 0.3) is 0 Å². The summed E-state index contributed by atoms with van der Waals surface area (Å²) in [7, 11) is 3.37. The summed E-state index contributed by atoms with van der Waals surface area (Å²) >= 11 is 0. The minimum atomic E-state index is -0.210. The number of likely N-dealkylation sites (N-methyl/N-ethyl adjacent to an activating group) is 2. The third-order valence-electron chi connectivity index (χ3n) is 3.43. The molecular weight excluding hydrogens is 272 g/mol. The minimum Gasteiger partial charge on any atom is -0.336 e. The van der Waals surface area contributed by atoms with Crippen LogP contribution in [0, 0.1) is 0 Å². The van der Waals surface area contributed by atoms with Crippen molar-refractivity contribution in [2.75, 3.05) is 33.7 Å². The fraction of sp³-hybridized carbons (Fsp3) is 0.846. The largest absolute Gasteiger partial charge is 0.336 e. The molecule has 0 saturated carbocycles. The first-order valence-corrected chi connectivity index (χ1v) is 7.17. The number of urea groups is 2. The van der Waals surface area contributed by atoms with Gasteiger partial charge in [-0.2, -0.15) is 0 Å². The van der Waals surface area contributed by atoms with Crippen molar-refractivity contribution < 1.29 is 9.59 Å². The summed E-state index contributed by atoms with van der Waals surface area (Å²) in [5.41, 5.74) is 11.1. The van der Waals surface area contributed by atoms with E-state index in [1.807, 2.05) is 20.8 Å². The summed E-state index contributed by atoms with van der Waals surface area (Å²) < 4.78 is 0. The molecule has 0 aliphatic carbocycles. The molecule has 0 radical (unpaired) electrons. The fourth-order valence-corrected chi connectivity index (χ4v) is 1.43. The number of amides is 4. The van der Waals surface area contributed by atoms with Crippen LogP contribution in [0.15, 0.2) is 0 Å². The van der Waals surface area contributed by atoms with Gasteiger partial charge < -0.3 is 31.9 Å². The number of nitrogens with one attached hydrogen (secondary N) is 2. The minimum absolute atomic E-state index is 0.0348. The molecule has 8 heteroatoms. The Balaban J connectivity index is 4.21. The maximum atomic E-state index is 11.9. The van der Waals surface area contributed by atoms with Crippen LogP contribution in [0.3, 0.4) is 0 Å². The Morgan fingerprint density at radius 3 is 1.81 bits per heavy atom. The summed E-state index contributed by atoms with van der Waals surface area (Å²) in [6.45, 7) is 6.73. The van der Waals surface area contributed by atoms with Gasteiger partial charge in [0.1, 0.15) is 0 Å². The van der Waals surface area contributed by atoms with Gasteiger partial charge in [-0.3, -0.25) is 0 Å². The summed E-state index contributed by atoms with van der Waals surface area (Å²) in [6, 6.07) is -0.679. The number of nitrogens with zero attached hydrogens (tertiary/aromatic N) is 2. The van der Waals surface area contributed by atoms with Crippen LogP contribution in [0.4, 0.5) is 9.59 Å². The van der Waals surface area contributed by atoms with Gasteiger partial charge in [0.05, 0.1) is 0 Å². The lowest BCUT2D eigenvalue weighted by molar-refractivity contribution is 0.181. The van der Waals surface area contributed by atoms with Gasteiger partial charge in [-0.05, 0) is 20.8 Å². The number of carbonyl (C=O) groups excluding carboxylic acids is 2. The highest BCUT2D eigenvalue weighted by molar-refractivity contribution is 5.75. The molecule has 124 valence electrons. The Labute approximate surface area is 127 Å². The van der Waals surface area contributed by atoms with Crippen molar-refractivity contribution in [1.82, 2.24) is 20.4 Å². The van der Waals surface area contributed by atoms with Crippen molar-refractivity contribution in [2.45, 2.75) is 38.9 Å². The van der Waals surface area contributed by atoms with Crippen LogP contribution in [-0.4, -0.2) is 73.7 Å². The summed E-state index contributed by atoms with van der Waals surface area (Å²) in [4.78, 5) is 26.8. The predicted molar refractivity (Wildman–Crippen MR) is 84.0 cm³/mol. The maximum Gasteiger partial charge on any atom is 0.317 e. The average Bonchev–Trinajstić information content (AvgIpc) is 2.47. The van der Waals surface area contributed by atoms with Gasteiger partial charge in [0, 0.05) is 51.9 Å². The molecule has 3 atom stereocenters. The van der Waals surface area contributed by atoms with E-state index in [1.165, 1.54) is 4.90 Å². The number of hydrogen-bond acceptors (Lipinski definition) is 4. The molecule has 0 aliphatic heterocycles. The number of hydrogen-bond donors (Lipinski definition) is 4. The zero-order valence-electron chi connectivity index (χ0n) is 13.7. The summed E-state index contributed by atoms with van der Waals surface area (Å²) in [6.07, 6.45) is 0. The SMILES string of the molecule is CC(N)CNC(=O)N(C)C(C)CNC(=O)N(C)C(C)CN. The molecule has 0 aromatic carbocycles. The van der Waals surface area contributed by atoms with E-state index in [-0.39, 0.29) is 30.2 Å². The lowest BCUT2D eigenvalue weighted by Crippen LogP contribution is -2.51. The predicted octanol–water partition coefficient (Wildman–Crippen LogP) is -0.648. The van der Waals surface area contributed by atoms with Crippen molar-refractivity contribution in [3.05, 3.63) is 0 Å². The molecule has 6 N–H and O–H groups in total. The second-order valence-corrected chi connectivity index (χ2v) is 5.50. The molecule has 0 saturated heterocycles. The van der Waals surface area contributed by atoms with Crippen LogP contribution < -0.4 is 22.1 Å². The molecule has 21 heavy (non-hydrogen) atoms. The van der Waals surface area contributed by atoms with Gasteiger partial charge in [-0.25, -0.2) is 9.59 Å². The van der Waals surface area contributed by atoms with E-state index in [1.54, 1.807) is 19.0 Å². The second-order valence-electron chi connectivity index (χ2n) is 5.50. The van der Waals surface area contributed by atoms with Crippen molar-refractivity contribution >= 4 is 12.1 Å². The van der Waals surface area contributed by atoms with Crippen molar-refractivity contribution in [3.63, 3.8) is 0 Å². The molecule has 0 aliphatic rings. The number of rotatable bonds is 7. The molecule has 3 unspecified atom stereocenters. The molecule has 8 nitrogen and oxygen atoms in total. The molecule has 0 rings (SSSR count). The Kier molecular flexibility index (Phi) is 8.72. The average molecular weight is 302 g/mol. The molecule has 0 spiro atoms. The summed E-state index contributed by atoms with van der Waals surface area (Å²) in [5, 5.41) is 5.51. The van der Waals surface area contributed by atoms with E-state index in [0.29, 0.717) is 19.6 Å². The standard InChI is InChI=1S/C13H30N6O2/c1-9(15)7-16-12(20)19(5)11(3)8-17-13(21)18(4)10(2)6-14/h9-11H,6-8,14-15H2,1-5H3,(H,16,20)(H,17,21). The second kappa shape index (κ2) is 9.41. The molecule has 0 bridgehead atoms. The van der Waals surface area contributed by atoms with E-state index < -0.39 is 0 Å². The van der Waals surface area contributed by atoms with Crippen molar-refractivity contribution in [2.24, 2.45) is 11.5 Å². The van der Waals surface area contributed by atoms with Crippen LogP contribution in [0.2, 0.25) is 0 Å².